The summed E-state index contributed by atoms with van der Waals surface area (Å²) >= 11 is 1.08. The molecule has 1 unspecified atom stereocenters. The van der Waals surface area contributed by atoms with Crippen LogP contribution in [0.5, 0.6) is 5.75 Å². The van der Waals surface area contributed by atoms with E-state index in [9.17, 15) is 14.2 Å². The maximum atomic E-state index is 13.0. The highest BCUT2D eigenvalue weighted by Gasteiger charge is 2.29. The number of hydrogen-bond acceptors (Lipinski definition) is 6. The van der Waals surface area contributed by atoms with Crippen molar-refractivity contribution in [1.82, 2.24) is 0 Å². The predicted octanol–water partition coefficient (Wildman–Crippen LogP) is 4.68. The van der Waals surface area contributed by atoms with Crippen LogP contribution in [-0.4, -0.2) is 24.1 Å². The van der Waals surface area contributed by atoms with Crippen LogP contribution in [0.3, 0.4) is 0 Å². The van der Waals surface area contributed by atoms with Gasteiger partial charge in [0.2, 0.25) is 5.91 Å². The van der Waals surface area contributed by atoms with Crippen LogP contribution in [0.25, 0.3) is 0 Å². The summed E-state index contributed by atoms with van der Waals surface area (Å²) in [6.07, 6.45) is 0.793. The Balaban J connectivity index is 2.47. The molecule has 0 fully saturated rings. The zero-order chi connectivity index (χ0) is 19.9. The normalized spacial score (nSPS) is 13.0. The number of nitrogens with two attached hydrogens (primary N) is 1. The van der Waals surface area contributed by atoms with Crippen molar-refractivity contribution in [2.24, 2.45) is 5.73 Å². The molecule has 2 rings (SSSR count). The van der Waals surface area contributed by atoms with Crippen molar-refractivity contribution in [3.05, 3.63) is 65.2 Å². The molecular formula is C19H22NO5PS. The average Bonchev–Trinajstić information content (AvgIpc) is 2.67. The van der Waals surface area contributed by atoms with Crippen LogP contribution in [0.1, 0.15) is 46.5 Å². The summed E-state index contributed by atoms with van der Waals surface area (Å²) in [5, 5.41) is 0. The molecule has 1 amide bonds. The summed E-state index contributed by atoms with van der Waals surface area (Å²) in [4.78, 5) is 24.5. The quantitative estimate of drug-likeness (QED) is 0.454. The molecular weight excluding hydrogens is 385 g/mol. The van der Waals surface area contributed by atoms with Gasteiger partial charge >= 0.3 is 6.80 Å². The van der Waals surface area contributed by atoms with Crippen LogP contribution >= 0.6 is 18.2 Å². The van der Waals surface area contributed by atoms with Crippen LogP contribution in [0.4, 0.5) is 0 Å². The Morgan fingerprint density at radius 1 is 1.07 bits per heavy atom. The van der Waals surface area contributed by atoms with Crippen molar-refractivity contribution in [1.29, 1.82) is 0 Å². The Bertz CT molecular complexity index is 856. The molecule has 8 heteroatoms. The maximum absolute atomic E-state index is 13.0. The minimum Gasteiger partial charge on any atom is -0.416 e. The summed E-state index contributed by atoms with van der Waals surface area (Å²) in [7, 11) is 0. The maximum Gasteiger partial charge on any atom is 0.440 e. The van der Waals surface area contributed by atoms with Gasteiger partial charge < -0.3 is 10.3 Å². The molecule has 0 saturated carbocycles. The summed E-state index contributed by atoms with van der Waals surface area (Å²) in [6.45, 7) is 0.368. The summed E-state index contributed by atoms with van der Waals surface area (Å²) in [5.74, 6) is -0.359. The highest BCUT2D eigenvalue weighted by molar-refractivity contribution is 8.55. The first kappa shape index (κ1) is 21.2. The second-order valence-electron chi connectivity index (χ2n) is 5.56. The molecule has 0 bridgehead atoms. The van der Waals surface area contributed by atoms with E-state index in [0.29, 0.717) is 11.3 Å². The zero-order valence-corrected chi connectivity index (χ0v) is 16.9. The molecule has 0 spiro atoms. The SMILES string of the molecule is CCCSP(=O)(OCC)Oc1ccc(C(N)=O)cc1C(=O)c1ccccc1. The molecule has 6 nitrogen and oxygen atoms in total. The first-order valence-electron chi connectivity index (χ1n) is 8.52. The topological polar surface area (TPSA) is 95.7 Å². The molecule has 0 radical (unpaired) electrons. The molecule has 2 N–H and O–H groups in total. The standard InChI is InChI=1S/C19H22NO5PS/c1-3-12-27-26(23,24-4-2)25-17-11-10-15(19(20)22)13-16(17)18(21)14-8-6-5-7-9-14/h5-11,13H,3-4,12H2,1-2H3,(H2,20,22). The van der Waals surface area contributed by atoms with Gasteiger partial charge in [-0.25, -0.2) is 4.57 Å². The van der Waals surface area contributed by atoms with Crippen molar-refractivity contribution in [2.45, 2.75) is 20.3 Å². The van der Waals surface area contributed by atoms with Crippen molar-refractivity contribution in [3.8, 4) is 5.75 Å². The van der Waals surface area contributed by atoms with Gasteiger partial charge in [0.25, 0.3) is 0 Å². The molecule has 0 aliphatic carbocycles. The van der Waals surface area contributed by atoms with Gasteiger partial charge in [0.15, 0.2) is 5.78 Å². The van der Waals surface area contributed by atoms with E-state index in [1.807, 2.05) is 6.92 Å². The predicted molar refractivity (Wildman–Crippen MR) is 107 cm³/mol. The molecule has 2 aromatic rings. The van der Waals surface area contributed by atoms with Gasteiger partial charge in [-0.2, -0.15) is 0 Å². The lowest BCUT2D eigenvalue weighted by Gasteiger charge is -2.19. The first-order valence-corrected chi connectivity index (χ1v) is 11.7. The second-order valence-corrected chi connectivity index (χ2v) is 9.68. The number of primary amides is 1. The number of carbonyl (C=O) groups excluding carboxylic acids is 2. The van der Waals surface area contributed by atoms with E-state index >= 15 is 0 Å². The fraction of sp³-hybridized carbons (Fsp3) is 0.263. The van der Waals surface area contributed by atoms with Gasteiger partial charge in [-0.05, 0) is 42.9 Å². The van der Waals surface area contributed by atoms with E-state index in [2.05, 4.69) is 0 Å². The van der Waals surface area contributed by atoms with Gasteiger partial charge in [0.1, 0.15) is 5.75 Å². The number of hydrogen-bond donors (Lipinski definition) is 1. The second kappa shape index (κ2) is 9.74. The Kier molecular flexibility index (Phi) is 7.66. The Labute approximate surface area is 162 Å². The van der Waals surface area contributed by atoms with Crippen molar-refractivity contribution in [2.75, 3.05) is 12.4 Å². The fourth-order valence-corrected chi connectivity index (χ4v) is 5.72. The van der Waals surface area contributed by atoms with E-state index in [-0.39, 0.29) is 29.3 Å². The van der Waals surface area contributed by atoms with E-state index in [0.717, 1.165) is 17.8 Å². The molecule has 0 aliphatic heterocycles. The van der Waals surface area contributed by atoms with Crippen LogP contribution in [0, 0.1) is 0 Å². The number of ketones is 1. The highest BCUT2D eigenvalue weighted by Crippen LogP contribution is 2.60. The van der Waals surface area contributed by atoms with E-state index in [1.165, 1.54) is 18.2 Å². The molecule has 0 saturated heterocycles. The number of rotatable bonds is 10. The van der Waals surface area contributed by atoms with Gasteiger partial charge in [-0.1, -0.05) is 37.3 Å². The summed E-state index contributed by atoms with van der Waals surface area (Å²) in [6, 6.07) is 12.8. The molecule has 0 heterocycles. The molecule has 27 heavy (non-hydrogen) atoms. The van der Waals surface area contributed by atoms with Gasteiger partial charge in [-0.15, -0.1) is 0 Å². The van der Waals surface area contributed by atoms with Crippen LogP contribution < -0.4 is 10.3 Å². The van der Waals surface area contributed by atoms with Crippen LogP contribution in [0.15, 0.2) is 48.5 Å². The van der Waals surface area contributed by atoms with Crippen molar-refractivity contribution < 1.29 is 23.2 Å². The minimum absolute atomic E-state index is 0.0919. The lowest BCUT2D eigenvalue weighted by molar-refractivity contribution is 0.1000. The third kappa shape index (κ3) is 5.70. The number of benzene rings is 2. The van der Waals surface area contributed by atoms with E-state index < -0.39 is 12.7 Å². The molecule has 2 aromatic carbocycles. The zero-order valence-electron chi connectivity index (χ0n) is 15.2. The average molecular weight is 407 g/mol. The number of carbonyl (C=O) groups is 2. The van der Waals surface area contributed by atoms with Crippen LogP contribution in [-0.2, 0) is 9.09 Å². The first-order chi connectivity index (χ1) is 12.9. The summed E-state index contributed by atoms with van der Waals surface area (Å²) < 4.78 is 24.0. The molecule has 1 atom stereocenters. The number of amides is 1. The third-order valence-corrected chi connectivity index (χ3v) is 7.43. The smallest absolute Gasteiger partial charge is 0.416 e. The fourth-order valence-electron chi connectivity index (χ4n) is 2.26. The van der Waals surface area contributed by atoms with Crippen LogP contribution in [0.2, 0.25) is 0 Å². The highest BCUT2D eigenvalue weighted by atomic mass is 32.7. The van der Waals surface area contributed by atoms with Gasteiger partial charge in [0, 0.05) is 16.9 Å². The van der Waals surface area contributed by atoms with Gasteiger partial charge in [-0.3, -0.25) is 14.1 Å². The van der Waals surface area contributed by atoms with Crippen molar-refractivity contribution in [3.63, 3.8) is 0 Å². The summed E-state index contributed by atoms with van der Waals surface area (Å²) in [5.41, 5.74) is 6.02. The Morgan fingerprint density at radius 2 is 1.78 bits per heavy atom. The molecule has 144 valence electrons. The third-order valence-electron chi connectivity index (χ3n) is 3.50. The molecule has 0 aromatic heterocycles. The monoisotopic (exact) mass is 407 g/mol. The lowest BCUT2D eigenvalue weighted by Crippen LogP contribution is -2.13. The Hall–Kier alpha value is -2.08. The Morgan fingerprint density at radius 3 is 2.37 bits per heavy atom. The van der Waals surface area contributed by atoms with E-state index in [1.54, 1.807) is 37.3 Å². The van der Waals surface area contributed by atoms with Crippen molar-refractivity contribution >= 4 is 29.9 Å². The lowest BCUT2D eigenvalue weighted by atomic mass is 10.0. The molecule has 0 aliphatic rings. The van der Waals surface area contributed by atoms with E-state index in [4.69, 9.17) is 14.8 Å². The minimum atomic E-state index is -3.51. The largest absolute Gasteiger partial charge is 0.440 e. The van der Waals surface area contributed by atoms with Gasteiger partial charge in [0.05, 0.1) is 12.2 Å².